The van der Waals surface area contributed by atoms with Crippen LogP contribution in [0.2, 0.25) is 0 Å². The SMILES string of the molecule is CCc1cnc2c(c1Nc1ccc(S(=O)(=O)Nc3nccc(C)n3)cc1)c(=O)n(C)c(=O)n2C. The Balaban J connectivity index is 1.72. The minimum atomic E-state index is -3.89. The van der Waals surface area contributed by atoms with Crippen LogP contribution in [-0.4, -0.2) is 32.5 Å². The van der Waals surface area contributed by atoms with Crippen molar-refractivity contribution in [1.82, 2.24) is 24.1 Å². The molecular formula is C22H23N7O4S. The molecule has 11 nitrogen and oxygen atoms in total. The fourth-order valence-electron chi connectivity index (χ4n) is 3.52. The van der Waals surface area contributed by atoms with Crippen LogP contribution in [0.15, 0.2) is 57.2 Å². The first-order valence-electron chi connectivity index (χ1n) is 10.4. The minimum absolute atomic E-state index is 0.0144. The number of hydrogen-bond donors (Lipinski definition) is 2. The number of anilines is 3. The molecule has 0 fully saturated rings. The molecule has 34 heavy (non-hydrogen) atoms. The summed E-state index contributed by atoms with van der Waals surface area (Å²) in [5, 5.41) is 3.49. The second-order valence-electron chi connectivity index (χ2n) is 7.69. The fraction of sp³-hybridized carbons (Fsp3) is 0.227. The third kappa shape index (κ3) is 4.15. The van der Waals surface area contributed by atoms with Crippen molar-refractivity contribution in [1.29, 1.82) is 0 Å². The molecule has 0 bridgehead atoms. The van der Waals surface area contributed by atoms with Gasteiger partial charge in [-0.3, -0.25) is 13.9 Å². The quantitative estimate of drug-likeness (QED) is 0.425. The number of nitrogens with zero attached hydrogens (tertiary/aromatic N) is 5. The van der Waals surface area contributed by atoms with E-state index in [0.29, 0.717) is 23.5 Å². The zero-order valence-corrected chi connectivity index (χ0v) is 19.8. The van der Waals surface area contributed by atoms with Crippen LogP contribution in [0.25, 0.3) is 11.0 Å². The second kappa shape index (κ2) is 8.71. The van der Waals surface area contributed by atoms with E-state index in [0.717, 1.165) is 10.1 Å². The van der Waals surface area contributed by atoms with Crippen LogP contribution in [0, 0.1) is 6.92 Å². The molecule has 0 unspecified atom stereocenters. The van der Waals surface area contributed by atoms with Crippen LogP contribution in [-0.2, 0) is 30.5 Å². The molecule has 0 aliphatic rings. The molecule has 0 amide bonds. The predicted molar refractivity (Wildman–Crippen MR) is 129 cm³/mol. The van der Waals surface area contributed by atoms with Gasteiger partial charge in [0.05, 0.1) is 10.6 Å². The Hall–Kier alpha value is -4.06. The first kappa shape index (κ1) is 23.1. The Bertz CT molecular complexity index is 1620. The molecule has 0 radical (unpaired) electrons. The van der Waals surface area contributed by atoms with Crippen LogP contribution in [0.3, 0.4) is 0 Å². The van der Waals surface area contributed by atoms with E-state index in [1.54, 1.807) is 38.4 Å². The number of benzene rings is 1. The number of pyridine rings is 1. The third-order valence-corrected chi connectivity index (χ3v) is 6.73. The van der Waals surface area contributed by atoms with E-state index in [1.807, 2.05) is 6.92 Å². The van der Waals surface area contributed by atoms with Crippen molar-refractivity contribution >= 4 is 38.4 Å². The highest BCUT2D eigenvalue weighted by molar-refractivity contribution is 7.92. The van der Waals surface area contributed by atoms with Crippen LogP contribution in [0.5, 0.6) is 0 Å². The van der Waals surface area contributed by atoms with E-state index in [4.69, 9.17) is 0 Å². The Labute approximate surface area is 195 Å². The van der Waals surface area contributed by atoms with E-state index in [1.165, 1.54) is 29.9 Å². The van der Waals surface area contributed by atoms with E-state index in [2.05, 4.69) is 25.0 Å². The molecule has 3 heterocycles. The first-order valence-corrected chi connectivity index (χ1v) is 11.9. The molecule has 3 aromatic heterocycles. The summed E-state index contributed by atoms with van der Waals surface area (Å²) < 4.78 is 30.1. The van der Waals surface area contributed by atoms with Gasteiger partial charge < -0.3 is 5.32 Å². The molecule has 4 rings (SSSR count). The monoisotopic (exact) mass is 481 g/mol. The number of hydrogen-bond acceptors (Lipinski definition) is 8. The third-order valence-electron chi connectivity index (χ3n) is 5.38. The van der Waals surface area contributed by atoms with Gasteiger partial charge in [0, 0.05) is 37.9 Å². The lowest BCUT2D eigenvalue weighted by atomic mass is 10.1. The van der Waals surface area contributed by atoms with Gasteiger partial charge in [-0.25, -0.2) is 32.9 Å². The number of nitrogens with one attached hydrogen (secondary N) is 2. The van der Waals surface area contributed by atoms with Crippen molar-refractivity contribution in [3.8, 4) is 0 Å². The molecule has 0 aliphatic heterocycles. The van der Waals surface area contributed by atoms with Gasteiger partial charge in [-0.15, -0.1) is 0 Å². The zero-order chi connectivity index (χ0) is 24.6. The summed E-state index contributed by atoms with van der Waals surface area (Å²) >= 11 is 0. The average Bonchev–Trinajstić information content (AvgIpc) is 2.81. The van der Waals surface area contributed by atoms with Crippen molar-refractivity contribution in [3.63, 3.8) is 0 Å². The fourth-order valence-corrected chi connectivity index (χ4v) is 4.47. The van der Waals surface area contributed by atoms with E-state index < -0.39 is 21.3 Å². The molecular weight excluding hydrogens is 458 g/mol. The normalized spacial score (nSPS) is 11.5. The van der Waals surface area contributed by atoms with Crippen molar-refractivity contribution in [3.05, 3.63) is 74.8 Å². The highest BCUT2D eigenvalue weighted by Crippen LogP contribution is 2.27. The van der Waals surface area contributed by atoms with Gasteiger partial charge in [0.25, 0.3) is 15.6 Å². The zero-order valence-electron chi connectivity index (χ0n) is 19.0. The average molecular weight is 482 g/mol. The Kier molecular flexibility index (Phi) is 5.92. The van der Waals surface area contributed by atoms with E-state index in [-0.39, 0.29) is 21.9 Å². The summed E-state index contributed by atoms with van der Waals surface area (Å²) in [6.45, 7) is 3.66. The second-order valence-corrected chi connectivity index (χ2v) is 9.38. The van der Waals surface area contributed by atoms with Gasteiger partial charge in [0.2, 0.25) is 5.95 Å². The summed E-state index contributed by atoms with van der Waals surface area (Å²) in [4.78, 5) is 37.6. The van der Waals surface area contributed by atoms with Gasteiger partial charge in [-0.05, 0) is 49.2 Å². The standard InChI is InChI=1S/C22H23N7O4S/c1-5-14-12-24-19-17(20(30)29(4)22(31)28(19)3)18(14)26-15-6-8-16(9-7-15)34(32,33)27-21-23-11-10-13(2)25-21/h6-12H,5H2,1-4H3,(H,24,26)(H,23,25,27). The molecule has 4 aromatic rings. The maximum Gasteiger partial charge on any atom is 0.332 e. The van der Waals surface area contributed by atoms with Crippen LogP contribution >= 0.6 is 0 Å². The van der Waals surface area contributed by atoms with Crippen molar-refractivity contribution in [2.75, 3.05) is 10.0 Å². The highest BCUT2D eigenvalue weighted by Gasteiger charge is 2.18. The summed E-state index contributed by atoms with van der Waals surface area (Å²) in [7, 11) is -0.928. The van der Waals surface area contributed by atoms with Crippen LogP contribution in [0.4, 0.5) is 17.3 Å². The van der Waals surface area contributed by atoms with Gasteiger partial charge in [0.15, 0.2) is 5.65 Å². The number of aryl methyl sites for hydroxylation is 3. The molecule has 0 saturated carbocycles. The number of aromatic nitrogens is 5. The number of rotatable bonds is 6. The Morgan fingerprint density at radius 1 is 1.00 bits per heavy atom. The summed E-state index contributed by atoms with van der Waals surface area (Å²) in [5.41, 5.74) is 1.80. The maximum absolute atomic E-state index is 12.9. The molecule has 12 heteroatoms. The Morgan fingerprint density at radius 3 is 2.35 bits per heavy atom. The van der Waals surface area contributed by atoms with Crippen molar-refractivity contribution < 1.29 is 8.42 Å². The Morgan fingerprint density at radius 2 is 1.71 bits per heavy atom. The highest BCUT2D eigenvalue weighted by atomic mass is 32.2. The molecule has 2 N–H and O–H groups in total. The largest absolute Gasteiger partial charge is 0.354 e. The van der Waals surface area contributed by atoms with Gasteiger partial charge in [-0.1, -0.05) is 6.92 Å². The topological polar surface area (TPSA) is 141 Å². The lowest BCUT2D eigenvalue weighted by molar-refractivity contribution is 0.601. The lowest BCUT2D eigenvalue weighted by Crippen LogP contribution is -2.37. The summed E-state index contributed by atoms with van der Waals surface area (Å²) in [5.74, 6) is -0.0144. The maximum atomic E-state index is 12.9. The van der Waals surface area contributed by atoms with Crippen molar-refractivity contribution in [2.24, 2.45) is 14.1 Å². The minimum Gasteiger partial charge on any atom is -0.354 e. The summed E-state index contributed by atoms with van der Waals surface area (Å²) in [6, 6.07) is 7.71. The van der Waals surface area contributed by atoms with E-state index >= 15 is 0 Å². The van der Waals surface area contributed by atoms with Gasteiger partial charge in [0.1, 0.15) is 5.39 Å². The number of fused-ring (bicyclic) bond motifs is 1. The molecule has 0 atom stereocenters. The first-order chi connectivity index (χ1) is 16.1. The number of sulfonamides is 1. The lowest BCUT2D eigenvalue weighted by Gasteiger charge is -2.16. The van der Waals surface area contributed by atoms with Crippen LogP contribution in [0.1, 0.15) is 18.2 Å². The van der Waals surface area contributed by atoms with Gasteiger partial charge in [-0.2, -0.15) is 0 Å². The molecule has 0 saturated heterocycles. The van der Waals surface area contributed by atoms with E-state index in [9.17, 15) is 18.0 Å². The van der Waals surface area contributed by atoms with Gasteiger partial charge >= 0.3 is 5.69 Å². The molecule has 0 spiro atoms. The molecule has 0 aliphatic carbocycles. The van der Waals surface area contributed by atoms with Crippen molar-refractivity contribution in [2.45, 2.75) is 25.2 Å². The summed E-state index contributed by atoms with van der Waals surface area (Å²) in [6.07, 6.45) is 3.68. The molecule has 176 valence electrons. The smallest absolute Gasteiger partial charge is 0.332 e. The predicted octanol–water partition coefficient (Wildman–Crippen LogP) is 1.84. The molecule has 1 aromatic carbocycles. The van der Waals surface area contributed by atoms with Crippen LogP contribution < -0.4 is 21.3 Å².